The second-order valence-corrected chi connectivity index (χ2v) is 13.5. The highest BCUT2D eigenvalue weighted by molar-refractivity contribution is 7.93. The molecule has 8 rings (SSSR count). The van der Waals surface area contributed by atoms with E-state index in [2.05, 4.69) is 25.9 Å². The molecular weight excluding hydrogens is 572 g/mol. The lowest BCUT2D eigenvalue weighted by molar-refractivity contribution is 0.216. The predicted molar refractivity (Wildman–Crippen MR) is 170 cm³/mol. The molecule has 6 aromatic rings. The van der Waals surface area contributed by atoms with Crippen LogP contribution < -0.4 is 4.31 Å². The molecule has 3 aromatic carbocycles. The van der Waals surface area contributed by atoms with Gasteiger partial charge in [-0.15, -0.1) is 0 Å². The molecule has 0 radical (unpaired) electrons. The van der Waals surface area contributed by atoms with Crippen molar-refractivity contribution in [2.24, 2.45) is 17.8 Å². The van der Waals surface area contributed by atoms with Gasteiger partial charge in [0.15, 0.2) is 5.82 Å². The van der Waals surface area contributed by atoms with Crippen molar-refractivity contribution >= 4 is 43.3 Å². The minimum absolute atomic E-state index is 0.166. The molecule has 44 heavy (non-hydrogen) atoms. The van der Waals surface area contributed by atoms with Crippen LogP contribution in [0.1, 0.15) is 5.69 Å². The molecule has 0 bridgehead atoms. The van der Waals surface area contributed by atoms with Gasteiger partial charge in [0.1, 0.15) is 6.33 Å². The van der Waals surface area contributed by atoms with Gasteiger partial charge in [-0.05, 0) is 77.9 Å². The second-order valence-electron chi connectivity index (χ2n) is 11.7. The summed E-state index contributed by atoms with van der Waals surface area (Å²) in [5.41, 5.74) is 4.82. The Balaban J connectivity index is 1.17. The summed E-state index contributed by atoms with van der Waals surface area (Å²) in [6.07, 6.45) is 5.10. The van der Waals surface area contributed by atoms with Crippen LogP contribution in [0.3, 0.4) is 0 Å². The normalized spacial score (nSPS) is 19.8. The lowest BCUT2D eigenvalue weighted by atomic mass is 10.0. The molecule has 2 fully saturated rings. The number of aromatic nitrogens is 4. The smallest absolute Gasteiger partial charge is 0.269 e. The van der Waals surface area contributed by atoms with E-state index in [1.165, 1.54) is 10.6 Å². The largest absolute Gasteiger partial charge is 0.396 e. The maximum atomic E-state index is 14.3. The number of nitrogens with zero attached hydrogens (tertiary/aromatic N) is 5. The number of likely N-dealkylation sites (tertiary alicyclic amines) is 1. The number of nitrogens with one attached hydrogen (secondary N) is 1. The standard InChI is InChI=1S/C34H30N6O3S/c41-20-31-29-18-39(19-30(29)31)17-25-8-6-24(16-36-25)22-7-10-33-28(15-22)34(38-21-37-33)40(44(42,43)27-4-2-1-3-5-27)26-9-11-32-23(14-26)12-13-35-32/h1-16,21,29-31,35,41H,17-20H2. The van der Waals surface area contributed by atoms with Crippen LogP contribution in [0.4, 0.5) is 11.5 Å². The number of anilines is 2. The number of aromatic amines is 1. The van der Waals surface area contributed by atoms with Gasteiger partial charge in [-0.1, -0.05) is 30.3 Å². The Morgan fingerprint density at radius 3 is 2.48 bits per heavy atom. The minimum atomic E-state index is -4.05. The number of aliphatic hydroxyl groups excluding tert-OH is 1. The monoisotopic (exact) mass is 602 g/mol. The zero-order valence-corrected chi connectivity index (χ0v) is 24.6. The Bertz CT molecular complexity index is 2090. The van der Waals surface area contributed by atoms with E-state index in [9.17, 15) is 13.5 Å². The third kappa shape index (κ3) is 4.62. The van der Waals surface area contributed by atoms with Gasteiger partial charge in [-0.2, -0.15) is 0 Å². The highest BCUT2D eigenvalue weighted by atomic mass is 32.2. The molecular formula is C34H30N6O3S. The Kier molecular flexibility index (Phi) is 6.44. The fourth-order valence-electron chi connectivity index (χ4n) is 6.68. The lowest BCUT2D eigenvalue weighted by Crippen LogP contribution is -2.27. The summed E-state index contributed by atoms with van der Waals surface area (Å²) in [5.74, 6) is 2.01. The van der Waals surface area contributed by atoms with Crippen LogP contribution in [-0.2, 0) is 16.6 Å². The third-order valence-electron chi connectivity index (χ3n) is 9.06. The van der Waals surface area contributed by atoms with Crippen LogP contribution in [0.2, 0.25) is 0 Å². The van der Waals surface area contributed by atoms with Gasteiger partial charge in [0.2, 0.25) is 0 Å². The summed E-state index contributed by atoms with van der Waals surface area (Å²) >= 11 is 0. The molecule has 9 nitrogen and oxygen atoms in total. The number of benzene rings is 3. The number of sulfonamides is 1. The van der Waals surface area contributed by atoms with E-state index in [1.807, 2.05) is 54.9 Å². The summed E-state index contributed by atoms with van der Waals surface area (Å²) in [5, 5.41) is 10.9. The Hall–Kier alpha value is -4.64. The van der Waals surface area contributed by atoms with Crippen molar-refractivity contribution in [1.29, 1.82) is 0 Å². The van der Waals surface area contributed by atoms with Crippen molar-refractivity contribution in [1.82, 2.24) is 24.8 Å². The SMILES string of the molecule is O=S(=O)(c1ccccc1)N(c1ccc2[nH]ccc2c1)c1ncnc2ccc(-c3ccc(CN4CC5C(CO)C5C4)nc3)cc12. The molecule has 1 aliphatic heterocycles. The quantitative estimate of drug-likeness (QED) is 0.241. The maximum absolute atomic E-state index is 14.3. The molecule has 220 valence electrons. The van der Waals surface area contributed by atoms with E-state index in [1.54, 1.807) is 36.4 Å². The summed E-state index contributed by atoms with van der Waals surface area (Å²) < 4.78 is 29.9. The van der Waals surface area contributed by atoms with Crippen molar-refractivity contribution in [2.75, 3.05) is 24.0 Å². The molecule has 0 amide bonds. The first kappa shape index (κ1) is 26.9. The van der Waals surface area contributed by atoms with Gasteiger partial charge in [-0.25, -0.2) is 22.7 Å². The zero-order chi connectivity index (χ0) is 29.8. The van der Waals surface area contributed by atoms with Gasteiger partial charge >= 0.3 is 0 Å². The van der Waals surface area contributed by atoms with Gasteiger partial charge in [0.25, 0.3) is 10.0 Å². The van der Waals surface area contributed by atoms with E-state index >= 15 is 0 Å². The molecule has 1 aliphatic carbocycles. The van der Waals surface area contributed by atoms with Crippen molar-refractivity contribution in [2.45, 2.75) is 11.4 Å². The number of rotatable bonds is 8. The van der Waals surface area contributed by atoms with E-state index in [-0.39, 0.29) is 10.7 Å². The van der Waals surface area contributed by atoms with Gasteiger partial charge < -0.3 is 10.1 Å². The number of fused-ring (bicyclic) bond motifs is 3. The van der Waals surface area contributed by atoms with Crippen LogP contribution in [0, 0.1) is 17.8 Å². The fraction of sp³-hybridized carbons (Fsp3) is 0.206. The van der Waals surface area contributed by atoms with Gasteiger partial charge in [-0.3, -0.25) is 9.88 Å². The maximum Gasteiger partial charge on any atom is 0.269 e. The van der Waals surface area contributed by atoms with E-state index in [0.717, 1.165) is 47.4 Å². The van der Waals surface area contributed by atoms with Crippen LogP contribution in [0.15, 0.2) is 109 Å². The third-order valence-corrected chi connectivity index (χ3v) is 10.8. The van der Waals surface area contributed by atoms with Crippen LogP contribution >= 0.6 is 0 Å². The number of pyridine rings is 1. The number of hydrogen-bond donors (Lipinski definition) is 2. The molecule has 0 spiro atoms. The summed E-state index contributed by atoms with van der Waals surface area (Å²) in [6.45, 7) is 3.13. The molecule has 1 saturated carbocycles. The summed E-state index contributed by atoms with van der Waals surface area (Å²) in [4.78, 5) is 19.5. The van der Waals surface area contributed by atoms with E-state index < -0.39 is 10.0 Å². The fourth-order valence-corrected chi connectivity index (χ4v) is 8.15. The first-order chi connectivity index (χ1) is 21.5. The molecule has 2 atom stereocenters. The first-order valence-corrected chi connectivity index (χ1v) is 16.1. The van der Waals surface area contributed by atoms with Crippen LogP contribution in [0.5, 0.6) is 0 Å². The molecule has 3 aromatic heterocycles. The topological polar surface area (TPSA) is 115 Å². The van der Waals surface area contributed by atoms with E-state index in [4.69, 9.17) is 4.98 Å². The van der Waals surface area contributed by atoms with Crippen molar-refractivity contribution in [3.8, 4) is 11.1 Å². The van der Waals surface area contributed by atoms with Gasteiger partial charge in [0, 0.05) is 60.5 Å². The van der Waals surface area contributed by atoms with Crippen molar-refractivity contribution in [3.63, 3.8) is 0 Å². The molecule has 2 N–H and O–H groups in total. The number of aliphatic hydroxyl groups is 1. The first-order valence-electron chi connectivity index (χ1n) is 14.7. The average molecular weight is 603 g/mol. The Morgan fingerprint density at radius 1 is 0.886 bits per heavy atom. The Morgan fingerprint density at radius 2 is 1.70 bits per heavy atom. The zero-order valence-electron chi connectivity index (χ0n) is 23.8. The number of H-pyrrole nitrogens is 1. The van der Waals surface area contributed by atoms with Gasteiger partial charge in [0.05, 0.1) is 21.8 Å². The lowest BCUT2D eigenvalue weighted by Gasteiger charge is -2.25. The second kappa shape index (κ2) is 10.5. The van der Waals surface area contributed by atoms with Crippen LogP contribution in [-0.4, -0.2) is 58.1 Å². The molecule has 2 aliphatic rings. The van der Waals surface area contributed by atoms with E-state index in [0.29, 0.717) is 41.0 Å². The number of piperidine rings is 1. The van der Waals surface area contributed by atoms with Crippen molar-refractivity contribution < 1.29 is 13.5 Å². The molecule has 2 unspecified atom stereocenters. The average Bonchev–Trinajstić information content (AvgIpc) is 3.34. The minimum Gasteiger partial charge on any atom is -0.396 e. The molecule has 1 saturated heterocycles. The molecule has 10 heteroatoms. The van der Waals surface area contributed by atoms with Crippen molar-refractivity contribution in [3.05, 3.63) is 109 Å². The Labute approximate surface area is 254 Å². The number of hydrogen-bond acceptors (Lipinski definition) is 7. The predicted octanol–water partition coefficient (Wildman–Crippen LogP) is 5.37. The highest BCUT2D eigenvalue weighted by Crippen LogP contribution is 2.51. The summed E-state index contributed by atoms with van der Waals surface area (Å²) in [6, 6.07) is 25.7. The van der Waals surface area contributed by atoms with Crippen LogP contribution in [0.25, 0.3) is 32.9 Å². The highest BCUT2D eigenvalue weighted by Gasteiger charge is 2.54. The summed E-state index contributed by atoms with van der Waals surface area (Å²) in [7, 11) is -4.05. The molecule has 4 heterocycles.